The van der Waals surface area contributed by atoms with Crippen LogP contribution in [0.4, 0.5) is 5.69 Å². The van der Waals surface area contributed by atoms with E-state index in [2.05, 4.69) is 15.9 Å². The Kier molecular flexibility index (Phi) is 6.15. The maximum absolute atomic E-state index is 13.2. The van der Waals surface area contributed by atoms with Gasteiger partial charge >= 0.3 is 0 Å². The molecule has 0 spiro atoms. The van der Waals surface area contributed by atoms with Gasteiger partial charge in [-0.1, -0.05) is 0 Å². The third-order valence-electron chi connectivity index (χ3n) is 5.30. The van der Waals surface area contributed by atoms with E-state index in [9.17, 15) is 14.7 Å². The fourth-order valence-electron chi connectivity index (χ4n) is 3.72. The van der Waals surface area contributed by atoms with Crippen molar-refractivity contribution in [3.8, 4) is 17.2 Å². The zero-order valence-corrected chi connectivity index (χ0v) is 19.6. The summed E-state index contributed by atoms with van der Waals surface area (Å²) in [5.74, 6) is -0.269. The predicted molar refractivity (Wildman–Crippen MR) is 124 cm³/mol. The van der Waals surface area contributed by atoms with E-state index in [0.29, 0.717) is 38.7 Å². The number of furan rings is 1. The van der Waals surface area contributed by atoms with Gasteiger partial charge < -0.3 is 23.7 Å². The lowest BCUT2D eigenvalue weighted by molar-refractivity contribution is -0.132. The fraction of sp³-hybridized carbons (Fsp3) is 0.167. The minimum Gasteiger partial charge on any atom is -0.507 e. The lowest BCUT2D eigenvalue weighted by Gasteiger charge is -2.24. The van der Waals surface area contributed by atoms with Gasteiger partial charge in [0.15, 0.2) is 0 Å². The SMILES string of the molecule is COc1cc(OC)cc(N2C(=O)C(=O)/C(=C(\O)c3ccc(OC)c(Br)c3)C2c2ccco2)c1. The number of hydrogen-bond donors (Lipinski definition) is 1. The Morgan fingerprint density at radius 3 is 2.24 bits per heavy atom. The van der Waals surface area contributed by atoms with Crippen molar-refractivity contribution in [2.75, 3.05) is 26.2 Å². The van der Waals surface area contributed by atoms with E-state index in [0.717, 1.165) is 0 Å². The van der Waals surface area contributed by atoms with Crippen LogP contribution in [0.15, 0.2) is 69.3 Å². The molecule has 1 aliphatic heterocycles. The molecule has 1 fully saturated rings. The van der Waals surface area contributed by atoms with Crippen LogP contribution in [-0.2, 0) is 9.59 Å². The molecule has 0 radical (unpaired) electrons. The molecular weight excluding hydrogens is 494 g/mol. The number of benzene rings is 2. The molecule has 0 aliphatic carbocycles. The lowest BCUT2D eigenvalue weighted by Crippen LogP contribution is -2.29. The van der Waals surface area contributed by atoms with Crippen LogP contribution in [0, 0.1) is 0 Å². The highest BCUT2D eigenvalue weighted by atomic mass is 79.9. The summed E-state index contributed by atoms with van der Waals surface area (Å²) in [6.07, 6.45) is 1.44. The van der Waals surface area contributed by atoms with E-state index in [1.165, 1.54) is 32.5 Å². The number of anilines is 1. The van der Waals surface area contributed by atoms with Crippen LogP contribution in [0.1, 0.15) is 17.4 Å². The van der Waals surface area contributed by atoms with Crippen molar-refractivity contribution in [3.05, 3.63) is 76.2 Å². The summed E-state index contributed by atoms with van der Waals surface area (Å²) in [5, 5.41) is 11.2. The molecule has 4 rings (SSSR count). The van der Waals surface area contributed by atoms with Crippen molar-refractivity contribution in [3.63, 3.8) is 0 Å². The maximum atomic E-state index is 13.2. The van der Waals surface area contributed by atoms with E-state index in [1.54, 1.807) is 48.5 Å². The Labute approximate surface area is 198 Å². The average Bonchev–Trinajstić information content (AvgIpc) is 3.45. The Hall–Kier alpha value is -3.72. The first-order valence-electron chi connectivity index (χ1n) is 9.81. The van der Waals surface area contributed by atoms with E-state index in [1.807, 2.05) is 0 Å². The monoisotopic (exact) mass is 513 g/mol. The van der Waals surface area contributed by atoms with Gasteiger partial charge in [0.1, 0.15) is 34.8 Å². The summed E-state index contributed by atoms with van der Waals surface area (Å²) in [6, 6.07) is 12.0. The molecule has 1 aliphatic rings. The molecule has 0 bridgehead atoms. The van der Waals surface area contributed by atoms with Crippen molar-refractivity contribution in [2.24, 2.45) is 0 Å². The number of carbonyl (C=O) groups excluding carboxylic acids is 2. The summed E-state index contributed by atoms with van der Waals surface area (Å²) in [6.45, 7) is 0. The summed E-state index contributed by atoms with van der Waals surface area (Å²) in [7, 11) is 4.49. The zero-order chi connectivity index (χ0) is 23.7. The Morgan fingerprint density at radius 2 is 1.70 bits per heavy atom. The highest BCUT2D eigenvalue weighted by molar-refractivity contribution is 9.10. The number of methoxy groups -OCH3 is 3. The minimum atomic E-state index is -1.00. The van der Waals surface area contributed by atoms with Crippen LogP contribution in [0.2, 0.25) is 0 Å². The Balaban J connectivity index is 1.92. The van der Waals surface area contributed by atoms with Crippen LogP contribution in [0.5, 0.6) is 17.2 Å². The van der Waals surface area contributed by atoms with E-state index in [-0.39, 0.29) is 11.3 Å². The van der Waals surface area contributed by atoms with E-state index in [4.69, 9.17) is 18.6 Å². The normalized spacial score (nSPS) is 17.3. The van der Waals surface area contributed by atoms with Crippen LogP contribution in [0.3, 0.4) is 0 Å². The van der Waals surface area contributed by atoms with Crippen molar-refractivity contribution in [1.82, 2.24) is 0 Å². The number of nitrogens with zero attached hydrogens (tertiary/aromatic N) is 1. The third kappa shape index (κ3) is 3.95. The summed E-state index contributed by atoms with van der Waals surface area (Å²) in [5.41, 5.74) is 0.582. The van der Waals surface area contributed by atoms with Gasteiger partial charge in [-0.15, -0.1) is 0 Å². The third-order valence-corrected chi connectivity index (χ3v) is 5.92. The van der Waals surface area contributed by atoms with E-state index < -0.39 is 17.7 Å². The van der Waals surface area contributed by atoms with Crippen molar-refractivity contribution in [1.29, 1.82) is 0 Å². The molecular formula is C24H20BrNO7. The van der Waals surface area contributed by atoms with Gasteiger partial charge in [0, 0.05) is 23.8 Å². The Bertz CT molecular complexity index is 1230. The number of ether oxygens (including phenoxy) is 3. The topological polar surface area (TPSA) is 98.4 Å². The number of rotatable bonds is 6. The van der Waals surface area contributed by atoms with Gasteiger partial charge in [0.2, 0.25) is 0 Å². The van der Waals surface area contributed by atoms with Crippen LogP contribution in [0.25, 0.3) is 5.76 Å². The molecule has 33 heavy (non-hydrogen) atoms. The highest BCUT2D eigenvalue weighted by Gasteiger charge is 2.48. The van der Waals surface area contributed by atoms with Crippen molar-refractivity contribution in [2.45, 2.75) is 6.04 Å². The number of ketones is 1. The standard InChI is InChI=1S/C24H20BrNO7/c1-30-15-10-14(11-16(12-15)31-2)26-21(19-5-4-8-33-19)20(23(28)24(26)29)22(27)13-6-7-18(32-3)17(25)9-13/h4-12,21,27H,1-3H3/b22-20-. The molecule has 1 atom stereocenters. The number of halogens is 1. The minimum absolute atomic E-state index is 0.103. The number of aliphatic hydroxyl groups excluding tert-OH is 1. The number of carbonyl (C=O) groups is 2. The van der Waals surface area contributed by atoms with Crippen molar-refractivity contribution >= 4 is 39.1 Å². The number of hydrogen-bond acceptors (Lipinski definition) is 7. The second-order valence-electron chi connectivity index (χ2n) is 7.10. The van der Waals surface area contributed by atoms with Gasteiger partial charge in [0.05, 0.1) is 43.3 Å². The van der Waals surface area contributed by atoms with Gasteiger partial charge in [-0.05, 0) is 46.3 Å². The number of amides is 1. The highest BCUT2D eigenvalue weighted by Crippen LogP contribution is 2.44. The molecule has 1 unspecified atom stereocenters. The zero-order valence-electron chi connectivity index (χ0n) is 18.0. The van der Waals surface area contributed by atoms with Crippen LogP contribution >= 0.6 is 15.9 Å². The summed E-state index contributed by atoms with van der Waals surface area (Å²) in [4.78, 5) is 27.6. The largest absolute Gasteiger partial charge is 0.507 e. The Morgan fingerprint density at radius 1 is 1.00 bits per heavy atom. The van der Waals surface area contributed by atoms with Gasteiger partial charge in [0.25, 0.3) is 11.7 Å². The summed E-state index contributed by atoms with van der Waals surface area (Å²) < 4.78 is 22.0. The second-order valence-corrected chi connectivity index (χ2v) is 7.96. The molecule has 2 aromatic carbocycles. The quantitative estimate of drug-likeness (QED) is 0.290. The van der Waals surface area contributed by atoms with Gasteiger partial charge in [-0.2, -0.15) is 0 Å². The van der Waals surface area contributed by atoms with Gasteiger partial charge in [-0.25, -0.2) is 0 Å². The first-order valence-corrected chi connectivity index (χ1v) is 10.6. The molecule has 1 saturated heterocycles. The molecule has 3 aromatic rings. The smallest absolute Gasteiger partial charge is 0.300 e. The molecule has 1 N–H and O–H groups in total. The molecule has 1 aromatic heterocycles. The van der Waals surface area contributed by atoms with Crippen LogP contribution < -0.4 is 19.1 Å². The first-order chi connectivity index (χ1) is 15.9. The summed E-state index contributed by atoms with van der Waals surface area (Å²) >= 11 is 3.38. The predicted octanol–water partition coefficient (Wildman–Crippen LogP) is 4.69. The molecule has 8 nitrogen and oxygen atoms in total. The second kappa shape index (κ2) is 9.03. The average molecular weight is 514 g/mol. The number of aliphatic hydroxyl groups is 1. The molecule has 0 saturated carbocycles. The van der Waals surface area contributed by atoms with E-state index >= 15 is 0 Å². The molecule has 2 heterocycles. The first kappa shape index (κ1) is 22.5. The van der Waals surface area contributed by atoms with Crippen molar-refractivity contribution < 1.29 is 33.3 Å². The van der Waals surface area contributed by atoms with Gasteiger partial charge in [-0.3, -0.25) is 14.5 Å². The molecule has 9 heteroatoms. The van der Waals surface area contributed by atoms with Crippen LogP contribution in [-0.4, -0.2) is 38.1 Å². The fourth-order valence-corrected chi connectivity index (χ4v) is 4.26. The maximum Gasteiger partial charge on any atom is 0.300 e. The molecule has 170 valence electrons. The number of Topliss-reactive ketones (excluding diaryl/α,β-unsaturated/α-hetero) is 1. The molecule has 1 amide bonds. The lowest BCUT2D eigenvalue weighted by atomic mass is 9.99.